The molecule has 1 heterocycles. The first-order chi connectivity index (χ1) is 16.6. The van der Waals surface area contributed by atoms with Crippen LogP contribution in [0, 0.1) is 0 Å². The summed E-state index contributed by atoms with van der Waals surface area (Å²) in [5, 5.41) is 0.0374. The summed E-state index contributed by atoms with van der Waals surface area (Å²) in [7, 11) is -5.77. The van der Waals surface area contributed by atoms with Crippen LogP contribution in [-0.2, 0) is 28.2 Å². The Morgan fingerprint density at radius 3 is 1.83 bits per heavy atom. The zero-order valence-electron chi connectivity index (χ0n) is 25.0. The highest BCUT2D eigenvalue weighted by atomic mass is 32.2. The van der Waals surface area contributed by atoms with E-state index in [-0.39, 0.29) is 17.7 Å². The maximum Gasteiger partial charge on any atom is 0.264 e. The Kier molecular flexibility index (Phi) is 14.7. The van der Waals surface area contributed by atoms with Gasteiger partial charge in [-0.1, -0.05) is 105 Å². The minimum Gasteiger partial charge on any atom is -0.411 e. The lowest BCUT2D eigenvalue weighted by atomic mass is 9.99. The monoisotopic (exact) mass is 550 g/mol. The Balaban J connectivity index is 2.69. The summed E-state index contributed by atoms with van der Waals surface area (Å²) in [4.78, 5) is 0. The van der Waals surface area contributed by atoms with Gasteiger partial charge in [-0.25, -0.2) is 0 Å². The third-order valence-corrected chi connectivity index (χ3v) is 12.7. The quantitative estimate of drug-likeness (QED) is 0.0979. The van der Waals surface area contributed by atoms with E-state index in [2.05, 4.69) is 40.8 Å². The second kappa shape index (κ2) is 15.6. The molecule has 1 aliphatic heterocycles. The largest absolute Gasteiger partial charge is 0.411 e. The van der Waals surface area contributed by atoms with Gasteiger partial charge in [0.25, 0.3) is 10.1 Å². The molecular weight excluding hydrogens is 492 g/mol. The molecule has 6 nitrogen and oxygen atoms in total. The van der Waals surface area contributed by atoms with Gasteiger partial charge in [0.15, 0.2) is 14.1 Å². The molecular formula is C28H58O6SSi. The van der Waals surface area contributed by atoms with Gasteiger partial charge >= 0.3 is 0 Å². The van der Waals surface area contributed by atoms with Gasteiger partial charge in [0.05, 0.1) is 19.0 Å². The van der Waals surface area contributed by atoms with Crippen LogP contribution >= 0.6 is 0 Å². The molecule has 0 amide bonds. The summed E-state index contributed by atoms with van der Waals surface area (Å²) in [6.45, 7) is 17.3. The van der Waals surface area contributed by atoms with Gasteiger partial charge in [-0.05, 0) is 38.4 Å². The molecule has 0 bridgehead atoms. The average molecular weight is 551 g/mol. The zero-order valence-corrected chi connectivity index (χ0v) is 26.8. The molecule has 0 unspecified atom stereocenters. The van der Waals surface area contributed by atoms with Crippen molar-refractivity contribution in [3.63, 3.8) is 0 Å². The molecule has 0 radical (unpaired) electrons. The van der Waals surface area contributed by atoms with Crippen molar-refractivity contribution in [3.05, 3.63) is 0 Å². The number of ether oxygens (including phenoxy) is 2. The topological polar surface area (TPSA) is 71.1 Å². The minimum absolute atomic E-state index is 0.0374. The van der Waals surface area contributed by atoms with Crippen molar-refractivity contribution in [1.82, 2.24) is 0 Å². The molecule has 216 valence electrons. The summed E-state index contributed by atoms with van der Waals surface area (Å²) in [6, 6.07) is 0. The van der Waals surface area contributed by atoms with Gasteiger partial charge in [0, 0.05) is 0 Å². The molecule has 1 rings (SSSR count). The number of rotatable bonds is 18. The fourth-order valence-electron chi connectivity index (χ4n) is 4.47. The number of unbranched alkanes of at least 4 members (excludes halogenated alkanes) is 11. The van der Waals surface area contributed by atoms with Crippen molar-refractivity contribution >= 4 is 18.4 Å². The van der Waals surface area contributed by atoms with Gasteiger partial charge in [-0.15, -0.1) is 0 Å². The van der Waals surface area contributed by atoms with E-state index in [1.807, 2.05) is 13.8 Å². The molecule has 0 aromatic carbocycles. The molecule has 3 atom stereocenters. The number of hydrogen-bond acceptors (Lipinski definition) is 6. The Bertz CT molecular complexity index is 701. The summed E-state index contributed by atoms with van der Waals surface area (Å²) < 4.78 is 48.3. The Morgan fingerprint density at radius 2 is 1.39 bits per heavy atom. The second-order valence-corrected chi connectivity index (χ2v) is 19.1. The van der Waals surface area contributed by atoms with E-state index in [9.17, 15) is 8.42 Å². The Labute approximate surface area is 224 Å². The van der Waals surface area contributed by atoms with E-state index < -0.39 is 36.4 Å². The molecule has 1 aliphatic rings. The molecule has 1 fully saturated rings. The highest BCUT2D eigenvalue weighted by Gasteiger charge is 2.47. The van der Waals surface area contributed by atoms with Crippen molar-refractivity contribution in [2.45, 2.75) is 167 Å². The second-order valence-electron chi connectivity index (χ2n) is 12.7. The molecule has 0 aromatic rings. The summed E-state index contributed by atoms with van der Waals surface area (Å²) >= 11 is 0. The first-order valence-electron chi connectivity index (χ1n) is 14.5. The molecule has 0 aliphatic carbocycles. The highest BCUT2D eigenvalue weighted by molar-refractivity contribution is 7.86. The maximum absolute atomic E-state index is 12.0. The van der Waals surface area contributed by atoms with Crippen LogP contribution in [0.3, 0.4) is 0 Å². The van der Waals surface area contributed by atoms with Gasteiger partial charge in [0.1, 0.15) is 12.2 Å². The van der Waals surface area contributed by atoms with E-state index in [1.165, 1.54) is 64.2 Å². The highest BCUT2D eigenvalue weighted by Crippen LogP contribution is 2.40. The van der Waals surface area contributed by atoms with E-state index in [4.69, 9.17) is 18.1 Å². The average Bonchev–Trinajstić information content (AvgIpc) is 2.73. The fraction of sp³-hybridized carbons (Fsp3) is 1.00. The molecule has 8 heteroatoms. The standard InChI is InChI=1S/C28H58O6SSi/c1-10-11-12-13-14-15-16-17-18-19-20-21-22-24(34-36(8,9)27(2,3)4)26-25(33-35(7,29)30)23-31-28(5,6)32-26/h24-26H,10-23H2,1-9H3/t24-,25-,26-/m1/s1. The van der Waals surface area contributed by atoms with Crippen LogP contribution in [0.4, 0.5) is 0 Å². The molecule has 0 N–H and O–H groups in total. The molecule has 1 saturated heterocycles. The van der Waals surface area contributed by atoms with Crippen LogP contribution in [0.2, 0.25) is 18.1 Å². The molecule has 36 heavy (non-hydrogen) atoms. The van der Waals surface area contributed by atoms with Crippen molar-refractivity contribution in [3.8, 4) is 0 Å². The van der Waals surface area contributed by atoms with Crippen LogP contribution in [0.25, 0.3) is 0 Å². The lowest BCUT2D eigenvalue weighted by molar-refractivity contribution is -0.313. The van der Waals surface area contributed by atoms with E-state index in [1.54, 1.807) is 0 Å². The van der Waals surface area contributed by atoms with Crippen molar-refractivity contribution < 1.29 is 26.5 Å². The lowest BCUT2D eigenvalue weighted by Crippen LogP contribution is -2.58. The van der Waals surface area contributed by atoms with Gasteiger partial charge < -0.3 is 13.9 Å². The summed E-state index contributed by atoms with van der Waals surface area (Å²) in [5.74, 6) is -0.812. The Hall–Kier alpha value is 0.00688. The number of hydrogen-bond donors (Lipinski definition) is 0. The van der Waals surface area contributed by atoms with Crippen LogP contribution < -0.4 is 0 Å². The van der Waals surface area contributed by atoms with E-state index in [0.717, 1.165) is 25.5 Å². The first kappa shape index (κ1) is 34.0. The minimum atomic E-state index is -3.65. The van der Waals surface area contributed by atoms with Gasteiger partial charge in [-0.3, -0.25) is 4.18 Å². The van der Waals surface area contributed by atoms with E-state index in [0.29, 0.717) is 0 Å². The Morgan fingerprint density at radius 1 is 0.917 bits per heavy atom. The normalized spacial score (nSPS) is 22.0. The van der Waals surface area contributed by atoms with Crippen LogP contribution in [0.5, 0.6) is 0 Å². The van der Waals surface area contributed by atoms with Gasteiger partial charge in [0.2, 0.25) is 0 Å². The van der Waals surface area contributed by atoms with Crippen LogP contribution in [0.1, 0.15) is 125 Å². The van der Waals surface area contributed by atoms with Crippen LogP contribution in [-0.4, -0.2) is 53.7 Å². The third kappa shape index (κ3) is 13.7. The van der Waals surface area contributed by atoms with E-state index >= 15 is 0 Å². The molecule has 0 spiro atoms. The van der Waals surface area contributed by atoms with Crippen molar-refractivity contribution in [2.75, 3.05) is 12.9 Å². The zero-order chi connectivity index (χ0) is 27.5. The van der Waals surface area contributed by atoms with Crippen molar-refractivity contribution in [1.29, 1.82) is 0 Å². The lowest BCUT2D eigenvalue weighted by Gasteiger charge is -2.47. The summed E-state index contributed by atoms with van der Waals surface area (Å²) in [6.07, 6.45) is 16.0. The smallest absolute Gasteiger partial charge is 0.264 e. The SMILES string of the molecule is CCCCCCCCCCCCCC[C@@H](O[Si](C)(C)C(C)(C)C)[C@H]1OC(C)(C)OC[C@H]1OS(C)(=O)=O. The summed E-state index contributed by atoms with van der Waals surface area (Å²) in [5.41, 5.74) is 0. The van der Waals surface area contributed by atoms with Crippen molar-refractivity contribution in [2.24, 2.45) is 0 Å². The maximum atomic E-state index is 12.0. The van der Waals surface area contributed by atoms with Gasteiger partial charge in [-0.2, -0.15) is 8.42 Å². The molecule has 0 saturated carbocycles. The molecule has 0 aromatic heterocycles. The third-order valence-electron chi connectivity index (χ3n) is 7.64. The predicted molar refractivity (Wildman–Crippen MR) is 152 cm³/mol. The first-order valence-corrected chi connectivity index (χ1v) is 19.2. The van der Waals surface area contributed by atoms with Crippen LogP contribution in [0.15, 0.2) is 0 Å². The fourth-order valence-corrected chi connectivity index (χ4v) is 6.45. The predicted octanol–water partition coefficient (Wildman–Crippen LogP) is 7.96.